The molecule has 0 atom stereocenters. The second kappa shape index (κ2) is 4.97. The van der Waals surface area contributed by atoms with E-state index in [9.17, 15) is 9.59 Å². The van der Waals surface area contributed by atoms with Gasteiger partial charge in [-0.3, -0.25) is 9.59 Å². The molecular weight excluding hydrogens is 130 g/mol. The van der Waals surface area contributed by atoms with Gasteiger partial charge in [0.15, 0.2) is 0 Å². The van der Waals surface area contributed by atoms with Gasteiger partial charge in [0.05, 0.1) is 6.42 Å². The lowest BCUT2D eigenvalue weighted by Crippen LogP contribution is -2.24. The third kappa shape index (κ3) is 4.06. The minimum Gasteiger partial charge on any atom is -0.356 e. The molecule has 1 amide bonds. The Balaban J connectivity index is 3.47. The molecule has 10 heavy (non-hydrogen) atoms. The van der Waals surface area contributed by atoms with E-state index in [1.54, 1.807) is 6.92 Å². The van der Waals surface area contributed by atoms with E-state index >= 15 is 0 Å². The summed E-state index contributed by atoms with van der Waals surface area (Å²) in [5.41, 5.74) is 0. The average Bonchev–Trinajstić information content (AvgIpc) is 1.88. The van der Waals surface area contributed by atoms with Crippen molar-refractivity contribution < 1.29 is 9.59 Å². The predicted molar refractivity (Wildman–Crippen MR) is 38.6 cm³/mol. The zero-order chi connectivity index (χ0) is 7.98. The van der Waals surface area contributed by atoms with E-state index < -0.39 is 0 Å². The lowest BCUT2D eigenvalue weighted by molar-refractivity contribution is -0.127. The van der Waals surface area contributed by atoms with Crippen LogP contribution in [-0.2, 0) is 9.59 Å². The number of Topliss-reactive ketones (excluding diaryl/α,β-unsaturated/α-hetero) is 1. The third-order valence-electron chi connectivity index (χ3n) is 1.13. The minimum atomic E-state index is -0.172. The first kappa shape index (κ1) is 9.14. The molecule has 0 aliphatic carbocycles. The number of rotatable bonds is 4. The normalized spacial score (nSPS) is 9.00. The van der Waals surface area contributed by atoms with Gasteiger partial charge in [0.2, 0.25) is 5.91 Å². The third-order valence-corrected chi connectivity index (χ3v) is 1.13. The highest BCUT2D eigenvalue weighted by Crippen LogP contribution is 1.87. The van der Waals surface area contributed by atoms with Crippen LogP contribution in [0.1, 0.15) is 26.7 Å². The molecule has 0 fully saturated rings. The van der Waals surface area contributed by atoms with Crippen LogP contribution in [0.2, 0.25) is 0 Å². The van der Waals surface area contributed by atoms with Crippen LogP contribution >= 0.6 is 0 Å². The number of ketones is 1. The highest BCUT2D eigenvalue weighted by Gasteiger charge is 2.04. The van der Waals surface area contributed by atoms with E-state index in [1.165, 1.54) is 0 Å². The molecule has 0 bridgehead atoms. The molecule has 0 aromatic carbocycles. The Morgan fingerprint density at radius 3 is 2.30 bits per heavy atom. The van der Waals surface area contributed by atoms with Gasteiger partial charge in [-0.15, -0.1) is 0 Å². The minimum absolute atomic E-state index is 0.00838. The maximum Gasteiger partial charge on any atom is 0.227 e. The summed E-state index contributed by atoms with van der Waals surface area (Å²) < 4.78 is 0. The Hall–Kier alpha value is -0.860. The van der Waals surface area contributed by atoms with Gasteiger partial charge in [-0.2, -0.15) is 0 Å². The van der Waals surface area contributed by atoms with E-state index in [2.05, 4.69) is 5.32 Å². The van der Waals surface area contributed by atoms with Gasteiger partial charge in [-0.25, -0.2) is 0 Å². The molecule has 0 aromatic rings. The van der Waals surface area contributed by atoms with Crippen molar-refractivity contribution in [2.24, 2.45) is 0 Å². The standard InChI is InChI=1S/C7H13NO2/c1-3-6(9)5-7(10)8-4-2/h3-5H2,1-2H3,(H,8,10). The van der Waals surface area contributed by atoms with Gasteiger partial charge in [-0.05, 0) is 6.92 Å². The summed E-state index contributed by atoms with van der Waals surface area (Å²) in [5.74, 6) is -0.180. The second-order valence-corrected chi connectivity index (χ2v) is 2.02. The van der Waals surface area contributed by atoms with Crippen molar-refractivity contribution in [2.45, 2.75) is 26.7 Å². The number of carbonyl (C=O) groups is 2. The average molecular weight is 143 g/mol. The first-order valence-electron chi connectivity index (χ1n) is 3.49. The Labute approximate surface area is 60.8 Å². The molecule has 0 heterocycles. The molecule has 0 aliphatic heterocycles. The quantitative estimate of drug-likeness (QED) is 0.582. The second-order valence-electron chi connectivity index (χ2n) is 2.02. The van der Waals surface area contributed by atoms with Crippen LogP contribution in [0.5, 0.6) is 0 Å². The molecule has 3 nitrogen and oxygen atoms in total. The summed E-state index contributed by atoms with van der Waals surface area (Å²) in [6.07, 6.45) is 0.474. The Bertz CT molecular complexity index is 132. The van der Waals surface area contributed by atoms with Crippen molar-refractivity contribution in [1.82, 2.24) is 5.32 Å². The van der Waals surface area contributed by atoms with Gasteiger partial charge in [0.25, 0.3) is 0 Å². The summed E-state index contributed by atoms with van der Waals surface area (Å²) in [5, 5.41) is 2.55. The molecule has 0 rings (SSSR count). The van der Waals surface area contributed by atoms with Crippen LogP contribution in [0.4, 0.5) is 0 Å². The zero-order valence-electron chi connectivity index (χ0n) is 6.44. The molecule has 1 N–H and O–H groups in total. The van der Waals surface area contributed by atoms with Gasteiger partial charge in [-0.1, -0.05) is 6.92 Å². The van der Waals surface area contributed by atoms with Gasteiger partial charge >= 0.3 is 0 Å². The molecule has 0 unspecified atom stereocenters. The van der Waals surface area contributed by atoms with Crippen LogP contribution in [0.15, 0.2) is 0 Å². The van der Waals surface area contributed by atoms with Crippen molar-refractivity contribution in [3.05, 3.63) is 0 Å². The van der Waals surface area contributed by atoms with Crippen LogP contribution < -0.4 is 5.32 Å². The summed E-state index contributed by atoms with van der Waals surface area (Å²) >= 11 is 0. The Kier molecular flexibility index (Phi) is 4.54. The molecule has 0 saturated carbocycles. The molecular formula is C7H13NO2. The zero-order valence-corrected chi connectivity index (χ0v) is 6.44. The van der Waals surface area contributed by atoms with Crippen molar-refractivity contribution in [2.75, 3.05) is 6.54 Å². The largest absolute Gasteiger partial charge is 0.356 e. The van der Waals surface area contributed by atoms with Crippen molar-refractivity contribution in [3.8, 4) is 0 Å². The number of carbonyl (C=O) groups excluding carboxylic acids is 2. The predicted octanol–water partition coefficient (Wildman–Crippen LogP) is 0.492. The smallest absolute Gasteiger partial charge is 0.227 e. The summed E-state index contributed by atoms with van der Waals surface area (Å²) in [4.78, 5) is 21.3. The number of hydrogen-bond acceptors (Lipinski definition) is 2. The van der Waals surface area contributed by atoms with Crippen molar-refractivity contribution in [1.29, 1.82) is 0 Å². The van der Waals surface area contributed by atoms with Crippen LogP contribution in [0.3, 0.4) is 0 Å². The van der Waals surface area contributed by atoms with Crippen LogP contribution in [0.25, 0.3) is 0 Å². The number of amides is 1. The summed E-state index contributed by atoms with van der Waals surface area (Å²) in [7, 11) is 0. The van der Waals surface area contributed by atoms with E-state index in [1.807, 2.05) is 6.92 Å². The van der Waals surface area contributed by atoms with E-state index in [0.29, 0.717) is 13.0 Å². The fraction of sp³-hybridized carbons (Fsp3) is 0.714. The maximum absolute atomic E-state index is 10.7. The molecule has 58 valence electrons. The first-order chi connectivity index (χ1) is 4.70. The number of hydrogen-bond donors (Lipinski definition) is 1. The molecule has 0 radical (unpaired) electrons. The highest BCUT2D eigenvalue weighted by molar-refractivity contribution is 5.97. The fourth-order valence-electron chi connectivity index (χ4n) is 0.564. The highest BCUT2D eigenvalue weighted by atomic mass is 16.2. The molecule has 0 aromatic heterocycles. The first-order valence-corrected chi connectivity index (χ1v) is 3.49. The van der Waals surface area contributed by atoms with Crippen molar-refractivity contribution in [3.63, 3.8) is 0 Å². The Morgan fingerprint density at radius 1 is 1.30 bits per heavy atom. The monoisotopic (exact) mass is 143 g/mol. The fourth-order valence-corrected chi connectivity index (χ4v) is 0.564. The lowest BCUT2D eigenvalue weighted by atomic mass is 10.2. The van der Waals surface area contributed by atoms with E-state index in [-0.39, 0.29) is 18.1 Å². The number of nitrogens with one attached hydrogen (secondary N) is 1. The molecule has 0 aliphatic rings. The summed E-state index contributed by atoms with van der Waals surface area (Å²) in [6.45, 7) is 4.17. The van der Waals surface area contributed by atoms with E-state index in [0.717, 1.165) is 0 Å². The topological polar surface area (TPSA) is 46.2 Å². The van der Waals surface area contributed by atoms with Gasteiger partial charge < -0.3 is 5.32 Å². The maximum atomic E-state index is 10.7. The Morgan fingerprint density at radius 2 is 1.90 bits per heavy atom. The van der Waals surface area contributed by atoms with Crippen LogP contribution in [-0.4, -0.2) is 18.2 Å². The summed E-state index contributed by atoms with van der Waals surface area (Å²) in [6, 6.07) is 0. The molecule has 0 spiro atoms. The van der Waals surface area contributed by atoms with Gasteiger partial charge in [0.1, 0.15) is 5.78 Å². The van der Waals surface area contributed by atoms with Gasteiger partial charge in [0, 0.05) is 13.0 Å². The van der Waals surface area contributed by atoms with Crippen molar-refractivity contribution >= 4 is 11.7 Å². The SMILES string of the molecule is CCNC(=O)CC(=O)CC. The molecule has 0 saturated heterocycles. The van der Waals surface area contributed by atoms with Crippen LogP contribution in [0, 0.1) is 0 Å². The molecule has 3 heteroatoms. The lowest BCUT2D eigenvalue weighted by Gasteiger charge is -1.98. The van der Waals surface area contributed by atoms with E-state index in [4.69, 9.17) is 0 Å².